The molecule has 7 nitrogen and oxygen atoms in total. The fraction of sp³-hybridized carbons (Fsp3) is 0.409. The van der Waals surface area contributed by atoms with Crippen molar-refractivity contribution in [3.05, 3.63) is 65.7 Å². The zero-order chi connectivity index (χ0) is 21.4. The Morgan fingerprint density at radius 2 is 1.84 bits per heavy atom. The summed E-state index contributed by atoms with van der Waals surface area (Å²) in [5.74, 6) is 0.772. The van der Waals surface area contributed by atoms with E-state index in [4.69, 9.17) is 4.74 Å². The Morgan fingerprint density at radius 3 is 2.45 bits per heavy atom. The number of nitrogens with zero attached hydrogens (tertiary/aromatic N) is 2. The van der Waals surface area contributed by atoms with Crippen LogP contribution in [0.1, 0.15) is 24.0 Å². The van der Waals surface area contributed by atoms with Crippen molar-refractivity contribution in [1.82, 2.24) is 14.9 Å². The van der Waals surface area contributed by atoms with Crippen LogP contribution in [0.4, 0.5) is 0 Å². The molecule has 2 aromatic rings. The molecule has 170 valence electrons. The van der Waals surface area contributed by atoms with Crippen LogP contribution < -0.4 is 10.0 Å². The summed E-state index contributed by atoms with van der Waals surface area (Å²) in [6.45, 7) is 2.32. The minimum atomic E-state index is -3.53. The predicted octanol–water partition coefficient (Wildman–Crippen LogP) is 2.97. The number of hydrogen-bond donors (Lipinski definition) is 2. The van der Waals surface area contributed by atoms with Crippen LogP contribution in [0.5, 0.6) is 0 Å². The first-order valence-electron chi connectivity index (χ1n) is 10.1. The van der Waals surface area contributed by atoms with Crippen LogP contribution in [0, 0.1) is 0 Å². The molecule has 1 aliphatic heterocycles. The highest BCUT2D eigenvalue weighted by atomic mass is 127. The molecule has 1 aliphatic rings. The molecule has 0 saturated carbocycles. The Hall–Kier alpha value is -1.69. The number of nitrogens with one attached hydrogen (secondary N) is 2. The Balaban J connectivity index is 0.00000341. The second-order valence-corrected chi connectivity index (χ2v) is 9.14. The van der Waals surface area contributed by atoms with Crippen molar-refractivity contribution < 1.29 is 13.2 Å². The number of ether oxygens (including phenoxy) is 1. The average molecular weight is 558 g/mol. The zero-order valence-corrected chi connectivity index (χ0v) is 21.1. The Labute approximate surface area is 202 Å². The van der Waals surface area contributed by atoms with E-state index in [0.717, 1.165) is 30.9 Å². The van der Waals surface area contributed by atoms with Crippen molar-refractivity contribution >= 4 is 40.0 Å². The first kappa shape index (κ1) is 25.6. The third-order valence-electron chi connectivity index (χ3n) is 5.05. The third-order valence-corrected chi connectivity index (χ3v) is 6.48. The fourth-order valence-electron chi connectivity index (χ4n) is 3.38. The minimum absolute atomic E-state index is 0. The maximum atomic E-state index is 12.5. The number of rotatable bonds is 8. The van der Waals surface area contributed by atoms with Crippen LogP contribution in [-0.2, 0) is 27.8 Å². The van der Waals surface area contributed by atoms with Crippen molar-refractivity contribution in [2.75, 3.05) is 27.2 Å². The third kappa shape index (κ3) is 7.74. The Kier molecular flexibility index (Phi) is 10.2. The molecular weight excluding hydrogens is 527 g/mol. The van der Waals surface area contributed by atoms with Crippen molar-refractivity contribution in [3.8, 4) is 0 Å². The van der Waals surface area contributed by atoms with Crippen molar-refractivity contribution in [2.24, 2.45) is 4.99 Å². The molecule has 0 bridgehead atoms. The average Bonchev–Trinajstić information content (AvgIpc) is 3.28. The Bertz CT molecular complexity index is 931. The van der Waals surface area contributed by atoms with Crippen molar-refractivity contribution in [3.63, 3.8) is 0 Å². The molecule has 1 heterocycles. The number of sulfonamides is 1. The van der Waals surface area contributed by atoms with E-state index < -0.39 is 10.0 Å². The molecule has 1 fully saturated rings. The van der Waals surface area contributed by atoms with Gasteiger partial charge in [0.1, 0.15) is 0 Å². The summed E-state index contributed by atoms with van der Waals surface area (Å²) in [4.78, 5) is 6.64. The van der Waals surface area contributed by atoms with E-state index in [0.29, 0.717) is 19.7 Å². The number of guanidine groups is 1. The number of hydrogen-bond acceptors (Lipinski definition) is 4. The standard InChI is InChI=1S/C22H30N4O3S.HI/c1-23-22(26(2)17-19-7-4-3-5-8-19)24-15-18-10-12-21(13-11-18)30(27,28)25-16-20-9-6-14-29-20;/h3-5,7-8,10-13,20,25H,6,9,14-17H2,1-2H3,(H,23,24);1H. The second-order valence-electron chi connectivity index (χ2n) is 7.37. The fourth-order valence-corrected chi connectivity index (χ4v) is 4.44. The van der Waals surface area contributed by atoms with Gasteiger partial charge in [-0.1, -0.05) is 42.5 Å². The van der Waals surface area contributed by atoms with Crippen LogP contribution >= 0.6 is 24.0 Å². The largest absolute Gasteiger partial charge is 0.377 e. The first-order valence-corrected chi connectivity index (χ1v) is 11.6. The summed E-state index contributed by atoms with van der Waals surface area (Å²) in [5, 5.41) is 3.32. The number of benzene rings is 2. The molecular formula is C22H31IN4O3S. The van der Waals surface area contributed by atoms with Crippen LogP contribution in [0.15, 0.2) is 64.5 Å². The molecule has 1 saturated heterocycles. The highest BCUT2D eigenvalue weighted by molar-refractivity contribution is 14.0. The molecule has 2 N–H and O–H groups in total. The molecule has 0 amide bonds. The predicted molar refractivity (Wildman–Crippen MR) is 134 cm³/mol. The molecule has 31 heavy (non-hydrogen) atoms. The van der Waals surface area contributed by atoms with Crippen molar-refractivity contribution in [2.45, 2.75) is 36.9 Å². The molecule has 0 aromatic heterocycles. The van der Waals surface area contributed by atoms with E-state index >= 15 is 0 Å². The summed E-state index contributed by atoms with van der Waals surface area (Å²) >= 11 is 0. The molecule has 1 atom stereocenters. The van der Waals surface area contributed by atoms with E-state index in [1.165, 1.54) is 5.56 Å². The van der Waals surface area contributed by atoms with Crippen LogP contribution in [-0.4, -0.2) is 52.6 Å². The Morgan fingerprint density at radius 1 is 1.13 bits per heavy atom. The lowest BCUT2D eigenvalue weighted by Gasteiger charge is -2.22. The number of halogens is 1. The summed E-state index contributed by atoms with van der Waals surface area (Å²) < 4.78 is 33.0. The van der Waals surface area contributed by atoms with Gasteiger partial charge in [-0.2, -0.15) is 0 Å². The first-order chi connectivity index (χ1) is 14.5. The van der Waals surface area contributed by atoms with Gasteiger partial charge < -0.3 is 15.0 Å². The SMILES string of the molecule is CN=C(NCc1ccc(S(=O)(=O)NCC2CCCO2)cc1)N(C)Cc1ccccc1.I. The van der Waals surface area contributed by atoms with Gasteiger partial charge >= 0.3 is 0 Å². The van der Waals surface area contributed by atoms with Gasteiger partial charge in [0.05, 0.1) is 11.0 Å². The van der Waals surface area contributed by atoms with Crippen LogP contribution in [0.2, 0.25) is 0 Å². The van der Waals surface area contributed by atoms with Gasteiger partial charge in [-0.25, -0.2) is 13.1 Å². The summed E-state index contributed by atoms with van der Waals surface area (Å²) in [6.07, 6.45) is 1.85. The topological polar surface area (TPSA) is 83.0 Å². The lowest BCUT2D eigenvalue weighted by molar-refractivity contribution is 0.114. The highest BCUT2D eigenvalue weighted by Gasteiger charge is 2.20. The smallest absolute Gasteiger partial charge is 0.240 e. The van der Waals surface area contributed by atoms with Gasteiger partial charge in [0.2, 0.25) is 10.0 Å². The van der Waals surface area contributed by atoms with Crippen LogP contribution in [0.25, 0.3) is 0 Å². The van der Waals surface area contributed by atoms with E-state index in [2.05, 4.69) is 27.2 Å². The van der Waals surface area contributed by atoms with Gasteiger partial charge in [-0.3, -0.25) is 4.99 Å². The molecule has 2 aromatic carbocycles. The summed E-state index contributed by atoms with van der Waals surface area (Å²) in [7, 11) is 0.202. The highest BCUT2D eigenvalue weighted by Crippen LogP contribution is 2.14. The zero-order valence-electron chi connectivity index (χ0n) is 18.0. The molecule has 0 aliphatic carbocycles. The number of aliphatic imine (C=N–C) groups is 1. The van der Waals surface area contributed by atoms with Crippen molar-refractivity contribution in [1.29, 1.82) is 0 Å². The minimum Gasteiger partial charge on any atom is -0.377 e. The quantitative estimate of drug-likeness (QED) is 0.296. The maximum absolute atomic E-state index is 12.5. The molecule has 1 unspecified atom stereocenters. The van der Waals surface area contributed by atoms with E-state index in [9.17, 15) is 8.42 Å². The van der Waals surface area contributed by atoms with E-state index in [1.807, 2.05) is 42.3 Å². The summed E-state index contributed by atoms with van der Waals surface area (Å²) in [5.41, 5.74) is 2.18. The van der Waals surface area contributed by atoms with Gasteiger partial charge in [0.25, 0.3) is 0 Å². The summed E-state index contributed by atoms with van der Waals surface area (Å²) in [6, 6.07) is 17.1. The van der Waals surface area contributed by atoms with Crippen LogP contribution in [0.3, 0.4) is 0 Å². The maximum Gasteiger partial charge on any atom is 0.240 e. The monoisotopic (exact) mass is 558 g/mol. The van der Waals surface area contributed by atoms with Gasteiger partial charge in [-0.05, 0) is 36.1 Å². The normalized spacial score (nSPS) is 16.6. The second kappa shape index (κ2) is 12.4. The van der Waals surface area contributed by atoms with Gasteiger partial charge in [0.15, 0.2) is 5.96 Å². The lowest BCUT2D eigenvalue weighted by Crippen LogP contribution is -2.38. The molecule has 3 rings (SSSR count). The lowest BCUT2D eigenvalue weighted by atomic mass is 10.2. The van der Waals surface area contributed by atoms with E-state index in [1.54, 1.807) is 19.2 Å². The molecule has 9 heteroatoms. The molecule has 0 spiro atoms. The van der Waals surface area contributed by atoms with Gasteiger partial charge in [0, 0.05) is 40.3 Å². The molecule has 0 radical (unpaired) electrons. The van der Waals surface area contributed by atoms with E-state index in [-0.39, 0.29) is 35.0 Å². The van der Waals surface area contributed by atoms with Gasteiger partial charge in [-0.15, -0.1) is 24.0 Å².